The van der Waals surface area contributed by atoms with Crippen molar-refractivity contribution in [2.24, 2.45) is 5.73 Å². The molecule has 1 amide bonds. The summed E-state index contributed by atoms with van der Waals surface area (Å²) in [6.45, 7) is 4.70. The molecule has 3 nitrogen and oxygen atoms in total. The summed E-state index contributed by atoms with van der Waals surface area (Å²) in [6, 6.07) is 8.04. The lowest BCUT2D eigenvalue weighted by Crippen LogP contribution is -2.53. The first-order valence-electron chi connectivity index (χ1n) is 6.74. The lowest BCUT2D eigenvalue weighted by atomic mass is 9.96. The zero-order chi connectivity index (χ0) is 13.2. The number of nitrogens with zero attached hydrogens (tertiary/aromatic N) is 1. The van der Waals surface area contributed by atoms with E-state index in [9.17, 15) is 4.79 Å². The quantitative estimate of drug-likeness (QED) is 0.891. The Balaban J connectivity index is 2.26. The maximum absolute atomic E-state index is 12.6. The van der Waals surface area contributed by atoms with Gasteiger partial charge in [0.1, 0.15) is 0 Å². The van der Waals surface area contributed by atoms with Gasteiger partial charge in [0.05, 0.1) is 5.54 Å². The smallest absolute Gasteiger partial charge is 0.247 e. The predicted octanol–water partition coefficient (Wildman–Crippen LogP) is 2.62. The molecule has 0 bridgehead atoms. The molecule has 1 aromatic carbocycles. The summed E-state index contributed by atoms with van der Waals surface area (Å²) >= 11 is 0. The van der Waals surface area contributed by atoms with E-state index in [1.165, 1.54) is 0 Å². The standard InChI is InChI=1S/C15H22N2O/c1-3-17(13-8-6-7-12(2)11-13)14(18)15(16)9-4-5-10-15/h6-8,11H,3-5,9-10,16H2,1-2H3. The van der Waals surface area contributed by atoms with E-state index < -0.39 is 5.54 Å². The highest BCUT2D eigenvalue weighted by Crippen LogP contribution is 2.30. The Morgan fingerprint density at radius 1 is 1.39 bits per heavy atom. The summed E-state index contributed by atoms with van der Waals surface area (Å²) < 4.78 is 0. The van der Waals surface area contributed by atoms with Crippen LogP contribution < -0.4 is 10.6 Å². The molecular formula is C15H22N2O. The molecule has 0 spiro atoms. The molecule has 0 radical (unpaired) electrons. The molecule has 2 rings (SSSR count). The van der Waals surface area contributed by atoms with E-state index in [0.717, 1.165) is 36.9 Å². The SMILES string of the molecule is CCN(C(=O)C1(N)CCCC1)c1cccc(C)c1. The summed E-state index contributed by atoms with van der Waals surface area (Å²) in [7, 11) is 0. The Bertz CT molecular complexity index is 436. The van der Waals surface area contributed by atoms with Gasteiger partial charge >= 0.3 is 0 Å². The van der Waals surface area contributed by atoms with Gasteiger partial charge in [0.2, 0.25) is 5.91 Å². The van der Waals surface area contributed by atoms with Crippen LogP contribution in [0.15, 0.2) is 24.3 Å². The van der Waals surface area contributed by atoms with Gasteiger partial charge in [0.25, 0.3) is 0 Å². The highest BCUT2D eigenvalue weighted by Gasteiger charge is 2.39. The number of carbonyl (C=O) groups is 1. The second kappa shape index (κ2) is 5.11. The van der Waals surface area contributed by atoms with Crippen LogP contribution in [0.4, 0.5) is 5.69 Å². The van der Waals surface area contributed by atoms with Gasteiger partial charge < -0.3 is 10.6 Å². The summed E-state index contributed by atoms with van der Waals surface area (Å²) in [6.07, 6.45) is 3.75. The molecule has 0 aliphatic heterocycles. The first kappa shape index (κ1) is 13.1. The van der Waals surface area contributed by atoms with Crippen LogP contribution >= 0.6 is 0 Å². The van der Waals surface area contributed by atoms with E-state index in [1.54, 1.807) is 0 Å². The van der Waals surface area contributed by atoms with Gasteiger partial charge in [-0.05, 0) is 44.4 Å². The van der Waals surface area contributed by atoms with E-state index in [0.29, 0.717) is 6.54 Å². The minimum atomic E-state index is -0.639. The first-order valence-corrected chi connectivity index (χ1v) is 6.74. The van der Waals surface area contributed by atoms with Crippen LogP contribution in [0.1, 0.15) is 38.2 Å². The van der Waals surface area contributed by atoms with Crippen molar-refractivity contribution in [1.82, 2.24) is 0 Å². The van der Waals surface area contributed by atoms with Crippen LogP contribution in [0, 0.1) is 6.92 Å². The van der Waals surface area contributed by atoms with Gasteiger partial charge in [-0.3, -0.25) is 4.79 Å². The number of nitrogens with two attached hydrogens (primary N) is 1. The predicted molar refractivity (Wildman–Crippen MR) is 74.6 cm³/mol. The third-order valence-electron chi connectivity index (χ3n) is 3.80. The zero-order valence-electron chi connectivity index (χ0n) is 11.3. The minimum Gasteiger partial charge on any atom is -0.317 e. The molecule has 1 saturated carbocycles. The number of benzene rings is 1. The normalized spacial score (nSPS) is 17.7. The fourth-order valence-electron chi connectivity index (χ4n) is 2.73. The van der Waals surface area contributed by atoms with E-state index >= 15 is 0 Å². The van der Waals surface area contributed by atoms with Gasteiger partial charge in [-0.1, -0.05) is 25.0 Å². The summed E-state index contributed by atoms with van der Waals surface area (Å²) in [5.74, 6) is 0.0769. The monoisotopic (exact) mass is 246 g/mol. The number of hydrogen-bond donors (Lipinski definition) is 1. The van der Waals surface area contributed by atoms with Crippen molar-refractivity contribution in [1.29, 1.82) is 0 Å². The third kappa shape index (κ3) is 2.41. The van der Waals surface area contributed by atoms with Crippen molar-refractivity contribution in [3.8, 4) is 0 Å². The number of anilines is 1. The Morgan fingerprint density at radius 2 is 2.06 bits per heavy atom. The van der Waals surface area contributed by atoms with Crippen molar-refractivity contribution in [3.05, 3.63) is 29.8 Å². The molecule has 2 N–H and O–H groups in total. The second-order valence-electron chi connectivity index (χ2n) is 5.25. The maximum Gasteiger partial charge on any atom is 0.247 e. The van der Waals surface area contributed by atoms with E-state index in [2.05, 4.69) is 0 Å². The van der Waals surface area contributed by atoms with Crippen LogP contribution in [-0.4, -0.2) is 18.0 Å². The topological polar surface area (TPSA) is 46.3 Å². The van der Waals surface area contributed by atoms with Crippen LogP contribution in [-0.2, 0) is 4.79 Å². The molecule has 3 heteroatoms. The average molecular weight is 246 g/mol. The Labute approximate surface area is 109 Å². The molecule has 18 heavy (non-hydrogen) atoms. The van der Waals surface area contributed by atoms with Crippen LogP contribution in [0.25, 0.3) is 0 Å². The van der Waals surface area contributed by atoms with Gasteiger partial charge in [-0.25, -0.2) is 0 Å². The summed E-state index contributed by atoms with van der Waals surface area (Å²) in [4.78, 5) is 14.4. The number of carbonyl (C=O) groups excluding carboxylic acids is 1. The largest absolute Gasteiger partial charge is 0.317 e. The minimum absolute atomic E-state index is 0.0769. The molecular weight excluding hydrogens is 224 g/mol. The van der Waals surface area contributed by atoms with Crippen molar-refractivity contribution in [2.45, 2.75) is 45.1 Å². The molecule has 0 atom stereocenters. The van der Waals surface area contributed by atoms with Gasteiger partial charge in [-0.15, -0.1) is 0 Å². The molecule has 0 unspecified atom stereocenters. The zero-order valence-corrected chi connectivity index (χ0v) is 11.3. The van der Waals surface area contributed by atoms with E-state index in [1.807, 2.05) is 43.0 Å². The van der Waals surface area contributed by atoms with E-state index in [4.69, 9.17) is 5.73 Å². The summed E-state index contributed by atoms with van der Waals surface area (Å²) in [5, 5.41) is 0. The number of aryl methyl sites for hydroxylation is 1. The molecule has 1 aliphatic carbocycles. The average Bonchev–Trinajstić information content (AvgIpc) is 2.78. The Kier molecular flexibility index (Phi) is 3.71. The number of amides is 1. The highest BCUT2D eigenvalue weighted by atomic mass is 16.2. The van der Waals surface area contributed by atoms with Gasteiger partial charge in [0.15, 0.2) is 0 Å². The van der Waals surface area contributed by atoms with Gasteiger partial charge in [-0.2, -0.15) is 0 Å². The third-order valence-corrected chi connectivity index (χ3v) is 3.80. The van der Waals surface area contributed by atoms with Crippen LogP contribution in [0.2, 0.25) is 0 Å². The molecule has 1 aliphatic rings. The number of likely N-dealkylation sites (N-methyl/N-ethyl adjacent to an activating group) is 1. The first-order chi connectivity index (χ1) is 8.57. The molecule has 0 saturated heterocycles. The van der Waals surface area contributed by atoms with Crippen molar-refractivity contribution >= 4 is 11.6 Å². The molecule has 0 aromatic heterocycles. The molecule has 1 aromatic rings. The second-order valence-corrected chi connectivity index (χ2v) is 5.25. The van der Waals surface area contributed by atoms with Crippen LogP contribution in [0.5, 0.6) is 0 Å². The maximum atomic E-state index is 12.6. The van der Waals surface area contributed by atoms with Crippen molar-refractivity contribution in [3.63, 3.8) is 0 Å². The number of hydrogen-bond acceptors (Lipinski definition) is 2. The highest BCUT2D eigenvalue weighted by molar-refractivity contribution is 6.00. The fraction of sp³-hybridized carbons (Fsp3) is 0.533. The molecule has 98 valence electrons. The van der Waals surface area contributed by atoms with E-state index in [-0.39, 0.29) is 5.91 Å². The fourth-order valence-corrected chi connectivity index (χ4v) is 2.73. The summed E-state index contributed by atoms with van der Waals surface area (Å²) in [5.41, 5.74) is 7.74. The molecule has 0 heterocycles. The Morgan fingerprint density at radius 3 is 2.61 bits per heavy atom. The van der Waals surface area contributed by atoms with Crippen molar-refractivity contribution in [2.75, 3.05) is 11.4 Å². The lowest BCUT2D eigenvalue weighted by Gasteiger charge is -2.31. The van der Waals surface area contributed by atoms with Crippen LogP contribution in [0.3, 0.4) is 0 Å². The lowest BCUT2D eigenvalue weighted by molar-refractivity contribution is -0.123. The van der Waals surface area contributed by atoms with Gasteiger partial charge in [0, 0.05) is 12.2 Å². The Hall–Kier alpha value is -1.35. The van der Waals surface area contributed by atoms with Crippen molar-refractivity contribution < 1.29 is 4.79 Å². The number of rotatable bonds is 3. The molecule has 1 fully saturated rings.